The summed E-state index contributed by atoms with van der Waals surface area (Å²) >= 11 is 0. The molecule has 2 saturated heterocycles. The van der Waals surface area contributed by atoms with Crippen molar-refractivity contribution in [1.29, 1.82) is 0 Å². The summed E-state index contributed by atoms with van der Waals surface area (Å²) in [5.41, 5.74) is 1.11. The fourth-order valence-corrected chi connectivity index (χ4v) is 3.84. The molecule has 0 unspecified atom stereocenters. The highest BCUT2D eigenvalue weighted by Crippen LogP contribution is 2.33. The fourth-order valence-electron chi connectivity index (χ4n) is 3.84. The number of anilines is 1. The van der Waals surface area contributed by atoms with Crippen molar-refractivity contribution in [2.45, 2.75) is 25.5 Å². The molecule has 140 valence electrons. The van der Waals surface area contributed by atoms with Gasteiger partial charge in [0.25, 0.3) is 0 Å². The van der Waals surface area contributed by atoms with Crippen LogP contribution in [0.1, 0.15) is 17.9 Å². The summed E-state index contributed by atoms with van der Waals surface area (Å²) in [7, 11) is 0. The number of benzene rings is 1. The Balaban J connectivity index is 1.34. The second kappa shape index (κ2) is 7.73. The van der Waals surface area contributed by atoms with E-state index in [0.717, 1.165) is 45.8 Å². The number of nitrogens with zero attached hydrogens (tertiary/aromatic N) is 3. The second-order valence-electron chi connectivity index (χ2n) is 7.32. The molecular formula is C19H26N4O3. The van der Waals surface area contributed by atoms with Gasteiger partial charge in [0.05, 0.1) is 19.8 Å². The van der Waals surface area contributed by atoms with E-state index in [1.165, 1.54) is 5.56 Å². The van der Waals surface area contributed by atoms with Gasteiger partial charge in [0.15, 0.2) is 0 Å². The third kappa shape index (κ3) is 4.23. The van der Waals surface area contributed by atoms with Crippen molar-refractivity contribution in [1.82, 2.24) is 15.1 Å². The number of rotatable bonds is 5. The van der Waals surface area contributed by atoms with Gasteiger partial charge in [0.1, 0.15) is 5.60 Å². The number of aromatic nitrogens is 2. The van der Waals surface area contributed by atoms with Crippen LogP contribution in [0.25, 0.3) is 0 Å². The molecule has 7 heteroatoms. The minimum absolute atomic E-state index is 0.220. The number of hydrogen-bond donors (Lipinski definition) is 1. The first-order chi connectivity index (χ1) is 12.7. The van der Waals surface area contributed by atoms with E-state index in [9.17, 15) is 0 Å². The van der Waals surface area contributed by atoms with Crippen LogP contribution in [0.4, 0.5) is 6.01 Å². The van der Waals surface area contributed by atoms with E-state index in [-0.39, 0.29) is 5.60 Å². The maximum absolute atomic E-state index is 6.26. The van der Waals surface area contributed by atoms with Crippen LogP contribution in [-0.4, -0.2) is 60.2 Å². The van der Waals surface area contributed by atoms with Crippen LogP contribution >= 0.6 is 0 Å². The minimum atomic E-state index is -0.220. The molecule has 0 amide bonds. The number of nitrogens with one attached hydrogen (secondary N) is 1. The predicted octanol–water partition coefficient (Wildman–Crippen LogP) is 2.10. The molecule has 0 aliphatic carbocycles. The number of aryl methyl sites for hydroxylation is 1. The quantitative estimate of drug-likeness (QED) is 0.877. The molecular weight excluding hydrogens is 332 g/mol. The molecule has 2 aliphatic heterocycles. The predicted molar refractivity (Wildman–Crippen MR) is 96.9 cm³/mol. The van der Waals surface area contributed by atoms with Crippen molar-refractivity contribution in [3.8, 4) is 0 Å². The highest BCUT2D eigenvalue weighted by atomic mass is 16.5. The van der Waals surface area contributed by atoms with Gasteiger partial charge in [0, 0.05) is 39.0 Å². The van der Waals surface area contributed by atoms with Crippen LogP contribution < -0.4 is 5.32 Å². The molecule has 0 radical (unpaired) electrons. The van der Waals surface area contributed by atoms with Crippen LogP contribution in [0.5, 0.6) is 0 Å². The van der Waals surface area contributed by atoms with Crippen LogP contribution in [0.15, 0.2) is 34.7 Å². The van der Waals surface area contributed by atoms with Crippen molar-refractivity contribution in [2.24, 2.45) is 5.92 Å². The Morgan fingerprint density at radius 1 is 1.27 bits per heavy atom. The lowest BCUT2D eigenvalue weighted by molar-refractivity contribution is -0.0562. The Morgan fingerprint density at radius 3 is 2.96 bits per heavy atom. The van der Waals surface area contributed by atoms with Crippen molar-refractivity contribution in [3.63, 3.8) is 0 Å². The normalized spacial score (nSPS) is 26.9. The lowest BCUT2D eigenvalue weighted by Crippen LogP contribution is -2.43. The van der Waals surface area contributed by atoms with E-state index in [4.69, 9.17) is 13.9 Å². The summed E-state index contributed by atoms with van der Waals surface area (Å²) in [6.45, 7) is 7.46. The van der Waals surface area contributed by atoms with E-state index in [1.807, 2.05) is 0 Å². The monoisotopic (exact) mass is 358 g/mol. The Morgan fingerprint density at radius 2 is 2.15 bits per heavy atom. The molecule has 7 nitrogen and oxygen atoms in total. The largest absolute Gasteiger partial charge is 0.408 e. The topological polar surface area (TPSA) is 72.7 Å². The smallest absolute Gasteiger partial charge is 0.315 e. The molecule has 2 atom stereocenters. The summed E-state index contributed by atoms with van der Waals surface area (Å²) in [6.07, 6.45) is 0.971. The van der Waals surface area contributed by atoms with E-state index in [1.54, 1.807) is 6.92 Å². The third-order valence-corrected chi connectivity index (χ3v) is 5.03. The van der Waals surface area contributed by atoms with Gasteiger partial charge in [-0.2, -0.15) is 0 Å². The van der Waals surface area contributed by atoms with Crippen LogP contribution in [0.2, 0.25) is 0 Å². The van der Waals surface area contributed by atoms with Gasteiger partial charge in [-0.05, 0) is 12.0 Å². The summed E-state index contributed by atoms with van der Waals surface area (Å²) in [5.74, 6) is 0.975. The van der Waals surface area contributed by atoms with E-state index < -0.39 is 0 Å². The highest BCUT2D eigenvalue weighted by Gasteiger charge is 2.43. The first kappa shape index (κ1) is 17.5. The van der Waals surface area contributed by atoms with Crippen LogP contribution in [0, 0.1) is 12.8 Å². The molecule has 26 heavy (non-hydrogen) atoms. The van der Waals surface area contributed by atoms with E-state index in [0.29, 0.717) is 24.4 Å². The maximum Gasteiger partial charge on any atom is 0.315 e. The molecule has 1 aromatic carbocycles. The zero-order valence-electron chi connectivity index (χ0n) is 15.2. The highest BCUT2D eigenvalue weighted by molar-refractivity contribution is 5.17. The lowest BCUT2D eigenvalue weighted by atomic mass is 9.94. The average molecular weight is 358 g/mol. The summed E-state index contributed by atoms with van der Waals surface area (Å²) in [6, 6.07) is 11.1. The Bertz CT molecular complexity index is 708. The van der Waals surface area contributed by atoms with Gasteiger partial charge in [-0.1, -0.05) is 35.4 Å². The summed E-state index contributed by atoms with van der Waals surface area (Å²) in [5, 5.41) is 11.0. The van der Waals surface area contributed by atoms with Gasteiger partial charge in [-0.25, -0.2) is 0 Å². The van der Waals surface area contributed by atoms with E-state index in [2.05, 4.69) is 50.7 Å². The second-order valence-corrected chi connectivity index (χ2v) is 7.32. The molecule has 4 rings (SSSR count). The van der Waals surface area contributed by atoms with Crippen molar-refractivity contribution in [3.05, 3.63) is 41.8 Å². The minimum Gasteiger partial charge on any atom is -0.408 e. The molecule has 2 fully saturated rings. The van der Waals surface area contributed by atoms with Crippen molar-refractivity contribution < 1.29 is 13.9 Å². The number of hydrogen-bond acceptors (Lipinski definition) is 7. The molecule has 3 heterocycles. The Kier molecular flexibility index (Phi) is 5.19. The first-order valence-corrected chi connectivity index (χ1v) is 9.23. The molecule has 1 N–H and O–H groups in total. The zero-order chi connectivity index (χ0) is 17.8. The fraction of sp³-hybridized carbons (Fsp3) is 0.579. The van der Waals surface area contributed by atoms with Crippen molar-refractivity contribution >= 4 is 6.01 Å². The zero-order valence-corrected chi connectivity index (χ0v) is 15.2. The molecule has 1 aromatic heterocycles. The van der Waals surface area contributed by atoms with Gasteiger partial charge in [-0.3, -0.25) is 4.90 Å². The Hall–Kier alpha value is -1.96. The maximum atomic E-state index is 6.26. The Labute approximate surface area is 153 Å². The third-order valence-electron chi connectivity index (χ3n) is 5.03. The molecule has 0 bridgehead atoms. The summed E-state index contributed by atoms with van der Waals surface area (Å²) in [4.78, 5) is 2.44. The molecule has 1 spiro atoms. The average Bonchev–Trinajstić information content (AvgIpc) is 3.18. The molecule has 0 saturated carbocycles. The standard InChI is InChI=1S/C19H26N4O3/c1-15-21-22-18(26-15)20-10-17-9-19(25-12-17)13-23(7-8-24-14-19)11-16-5-3-2-4-6-16/h2-6,17H,7-14H2,1H3,(H,20,22)/t17-,19-/m1/s1. The van der Waals surface area contributed by atoms with Gasteiger partial charge in [-0.15, -0.1) is 5.10 Å². The van der Waals surface area contributed by atoms with Gasteiger partial charge in [0.2, 0.25) is 5.89 Å². The van der Waals surface area contributed by atoms with Gasteiger partial charge >= 0.3 is 6.01 Å². The van der Waals surface area contributed by atoms with Crippen LogP contribution in [0.3, 0.4) is 0 Å². The van der Waals surface area contributed by atoms with Gasteiger partial charge < -0.3 is 19.2 Å². The van der Waals surface area contributed by atoms with E-state index >= 15 is 0 Å². The molecule has 2 aromatic rings. The lowest BCUT2D eigenvalue weighted by Gasteiger charge is -2.31. The summed E-state index contributed by atoms with van der Waals surface area (Å²) < 4.78 is 17.5. The molecule has 2 aliphatic rings. The van der Waals surface area contributed by atoms with Crippen molar-refractivity contribution in [2.75, 3.05) is 44.8 Å². The SMILES string of the molecule is Cc1nnc(NC[C@@H]2CO[C@]3(COCCN(Cc4ccccc4)C3)C2)o1. The van der Waals surface area contributed by atoms with Crippen LogP contribution in [-0.2, 0) is 16.0 Å². The number of ether oxygens (including phenoxy) is 2. The first-order valence-electron chi connectivity index (χ1n) is 9.23.